The Labute approximate surface area is 116 Å². The highest BCUT2D eigenvalue weighted by Gasteiger charge is 2.23. The molecule has 0 saturated heterocycles. The summed E-state index contributed by atoms with van der Waals surface area (Å²) in [5, 5.41) is 3.07. The van der Waals surface area contributed by atoms with Gasteiger partial charge in [0.1, 0.15) is 0 Å². The van der Waals surface area contributed by atoms with E-state index in [9.17, 15) is 4.79 Å². The molecule has 3 N–H and O–H groups in total. The van der Waals surface area contributed by atoms with Crippen LogP contribution in [0.2, 0.25) is 0 Å². The number of nitrogens with two attached hydrogens (primary N) is 1. The topological polar surface area (TPSA) is 55.1 Å². The SMILES string of the molecule is Cc1cccc(C(CCCN)C(=O)NC(C)(C)C)c1. The first-order valence-electron chi connectivity index (χ1n) is 6.92. The molecule has 1 unspecified atom stereocenters. The molecule has 1 aromatic rings. The van der Waals surface area contributed by atoms with Gasteiger partial charge in [-0.15, -0.1) is 0 Å². The van der Waals surface area contributed by atoms with Gasteiger partial charge in [0.05, 0.1) is 5.92 Å². The van der Waals surface area contributed by atoms with Crippen molar-refractivity contribution in [2.24, 2.45) is 5.73 Å². The lowest BCUT2D eigenvalue weighted by molar-refractivity contribution is -0.124. The van der Waals surface area contributed by atoms with Gasteiger partial charge in [-0.2, -0.15) is 0 Å². The van der Waals surface area contributed by atoms with Crippen LogP contribution in [0, 0.1) is 6.92 Å². The third-order valence-corrected chi connectivity index (χ3v) is 2.96. The van der Waals surface area contributed by atoms with Crippen LogP contribution in [-0.4, -0.2) is 18.0 Å². The average Bonchev–Trinajstić information content (AvgIpc) is 2.27. The van der Waals surface area contributed by atoms with Crippen LogP contribution < -0.4 is 11.1 Å². The minimum absolute atomic E-state index is 0.0894. The molecule has 0 aliphatic heterocycles. The normalized spacial score (nSPS) is 13.1. The number of aryl methyl sites for hydroxylation is 1. The summed E-state index contributed by atoms with van der Waals surface area (Å²) >= 11 is 0. The molecule has 0 fully saturated rings. The molecule has 0 aromatic heterocycles. The number of hydrogen-bond acceptors (Lipinski definition) is 2. The van der Waals surface area contributed by atoms with Crippen molar-refractivity contribution >= 4 is 5.91 Å². The molecule has 3 heteroatoms. The summed E-state index contributed by atoms with van der Waals surface area (Å²) in [5.74, 6) is -0.0192. The van der Waals surface area contributed by atoms with Gasteiger partial charge in [-0.1, -0.05) is 29.8 Å². The first-order chi connectivity index (χ1) is 8.83. The minimum atomic E-state index is -0.206. The lowest BCUT2D eigenvalue weighted by Crippen LogP contribution is -2.43. The molecule has 1 amide bonds. The number of carbonyl (C=O) groups is 1. The predicted molar refractivity (Wildman–Crippen MR) is 80.1 cm³/mol. The Bertz CT molecular complexity index is 421. The average molecular weight is 262 g/mol. The van der Waals surface area contributed by atoms with Crippen LogP contribution >= 0.6 is 0 Å². The molecule has 1 aromatic carbocycles. The Balaban J connectivity index is 2.91. The first kappa shape index (κ1) is 15.7. The third kappa shape index (κ3) is 5.43. The number of carbonyl (C=O) groups excluding carboxylic acids is 1. The van der Waals surface area contributed by atoms with E-state index in [2.05, 4.69) is 11.4 Å². The standard InChI is InChI=1S/C16H26N2O/c1-12-7-5-8-13(11-12)14(9-6-10-17)15(19)18-16(2,3)4/h5,7-8,11,14H,6,9-10,17H2,1-4H3,(H,18,19). The van der Waals surface area contributed by atoms with E-state index in [0.717, 1.165) is 18.4 Å². The number of hydrogen-bond donors (Lipinski definition) is 2. The number of nitrogens with one attached hydrogen (secondary N) is 1. The highest BCUT2D eigenvalue weighted by Crippen LogP contribution is 2.23. The van der Waals surface area contributed by atoms with Crippen molar-refractivity contribution in [2.75, 3.05) is 6.54 Å². The minimum Gasteiger partial charge on any atom is -0.351 e. The van der Waals surface area contributed by atoms with Crippen molar-refractivity contribution in [3.05, 3.63) is 35.4 Å². The van der Waals surface area contributed by atoms with Gasteiger partial charge < -0.3 is 11.1 Å². The Morgan fingerprint density at radius 3 is 2.58 bits per heavy atom. The molecule has 0 heterocycles. The lowest BCUT2D eigenvalue weighted by Gasteiger charge is -2.25. The quantitative estimate of drug-likeness (QED) is 0.857. The van der Waals surface area contributed by atoms with Crippen molar-refractivity contribution in [2.45, 2.75) is 52.0 Å². The molecular weight excluding hydrogens is 236 g/mol. The van der Waals surface area contributed by atoms with Crippen LogP contribution in [-0.2, 0) is 4.79 Å². The summed E-state index contributed by atoms with van der Waals surface area (Å²) in [7, 11) is 0. The van der Waals surface area contributed by atoms with Crippen LogP contribution in [0.3, 0.4) is 0 Å². The molecule has 19 heavy (non-hydrogen) atoms. The summed E-state index contributed by atoms with van der Waals surface area (Å²) < 4.78 is 0. The summed E-state index contributed by atoms with van der Waals surface area (Å²) in [6.45, 7) is 8.67. The fourth-order valence-electron chi connectivity index (χ4n) is 2.11. The second-order valence-corrected chi connectivity index (χ2v) is 6.14. The van der Waals surface area contributed by atoms with Crippen LogP contribution in [0.5, 0.6) is 0 Å². The zero-order valence-corrected chi connectivity index (χ0v) is 12.5. The van der Waals surface area contributed by atoms with Gasteiger partial charge in [-0.05, 0) is 52.6 Å². The van der Waals surface area contributed by atoms with E-state index in [1.54, 1.807) is 0 Å². The Morgan fingerprint density at radius 2 is 2.05 bits per heavy atom. The Kier molecular flexibility index (Phi) is 5.55. The second kappa shape index (κ2) is 6.71. The molecule has 0 radical (unpaired) electrons. The molecule has 0 aliphatic rings. The molecule has 0 spiro atoms. The van der Waals surface area contributed by atoms with Crippen molar-refractivity contribution in [3.63, 3.8) is 0 Å². The molecule has 0 bridgehead atoms. The van der Waals surface area contributed by atoms with Crippen LogP contribution in [0.25, 0.3) is 0 Å². The van der Waals surface area contributed by atoms with Crippen LogP contribution in [0.15, 0.2) is 24.3 Å². The molecule has 0 saturated carbocycles. The fourth-order valence-corrected chi connectivity index (χ4v) is 2.11. The molecule has 1 rings (SSSR count). The largest absolute Gasteiger partial charge is 0.351 e. The smallest absolute Gasteiger partial charge is 0.227 e. The maximum Gasteiger partial charge on any atom is 0.227 e. The zero-order chi connectivity index (χ0) is 14.5. The summed E-state index contributed by atoms with van der Waals surface area (Å²) in [6.07, 6.45) is 1.65. The van der Waals surface area contributed by atoms with E-state index in [4.69, 9.17) is 5.73 Å². The van der Waals surface area contributed by atoms with Crippen molar-refractivity contribution in [1.82, 2.24) is 5.32 Å². The van der Waals surface area contributed by atoms with Gasteiger partial charge in [0.2, 0.25) is 5.91 Å². The monoisotopic (exact) mass is 262 g/mol. The van der Waals surface area contributed by atoms with Gasteiger partial charge in [-0.3, -0.25) is 4.79 Å². The van der Waals surface area contributed by atoms with E-state index >= 15 is 0 Å². The van der Waals surface area contributed by atoms with Crippen LogP contribution in [0.4, 0.5) is 0 Å². The van der Waals surface area contributed by atoms with Crippen LogP contribution in [0.1, 0.15) is 50.7 Å². The molecule has 1 atom stereocenters. The zero-order valence-electron chi connectivity index (χ0n) is 12.5. The van der Waals surface area contributed by atoms with Gasteiger partial charge in [0.25, 0.3) is 0 Å². The lowest BCUT2D eigenvalue weighted by atomic mass is 9.91. The fraction of sp³-hybridized carbons (Fsp3) is 0.562. The Hall–Kier alpha value is -1.35. The predicted octanol–water partition coefficient (Wildman–Crippen LogP) is 2.73. The maximum atomic E-state index is 12.4. The van der Waals surface area contributed by atoms with Gasteiger partial charge in [-0.25, -0.2) is 0 Å². The second-order valence-electron chi connectivity index (χ2n) is 6.14. The van der Waals surface area contributed by atoms with E-state index in [-0.39, 0.29) is 17.4 Å². The van der Waals surface area contributed by atoms with Gasteiger partial charge in [0, 0.05) is 5.54 Å². The number of rotatable bonds is 5. The molecular formula is C16H26N2O. The third-order valence-electron chi connectivity index (χ3n) is 2.96. The maximum absolute atomic E-state index is 12.4. The molecule has 0 aliphatic carbocycles. The van der Waals surface area contributed by atoms with E-state index < -0.39 is 0 Å². The van der Waals surface area contributed by atoms with Gasteiger partial charge in [0.15, 0.2) is 0 Å². The summed E-state index contributed by atoms with van der Waals surface area (Å²) in [6, 6.07) is 8.16. The van der Waals surface area contributed by atoms with Crippen molar-refractivity contribution < 1.29 is 4.79 Å². The van der Waals surface area contributed by atoms with Crippen molar-refractivity contribution in [3.8, 4) is 0 Å². The Morgan fingerprint density at radius 1 is 1.37 bits per heavy atom. The van der Waals surface area contributed by atoms with Gasteiger partial charge >= 0.3 is 0 Å². The van der Waals surface area contributed by atoms with E-state index in [1.807, 2.05) is 45.9 Å². The first-order valence-corrected chi connectivity index (χ1v) is 6.92. The van der Waals surface area contributed by atoms with E-state index in [1.165, 1.54) is 5.56 Å². The van der Waals surface area contributed by atoms with Crippen molar-refractivity contribution in [1.29, 1.82) is 0 Å². The molecule has 106 valence electrons. The summed E-state index contributed by atoms with van der Waals surface area (Å²) in [4.78, 5) is 12.4. The number of benzene rings is 1. The van der Waals surface area contributed by atoms with E-state index in [0.29, 0.717) is 6.54 Å². The molecule has 3 nitrogen and oxygen atoms in total. The summed E-state index contributed by atoms with van der Waals surface area (Å²) in [5.41, 5.74) is 7.63. The highest BCUT2D eigenvalue weighted by molar-refractivity contribution is 5.84. The highest BCUT2D eigenvalue weighted by atomic mass is 16.2. The number of amides is 1.